The first kappa shape index (κ1) is 19.8. The Hall–Kier alpha value is -1.99. The van der Waals surface area contributed by atoms with Gasteiger partial charge in [-0.2, -0.15) is 0 Å². The molecule has 1 aromatic heterocycles. The molecule has 1 aliphatic heterocycles. The third-order valence-corrected chi connectivity index (χ3v) is 6.14. The molecule has 1 aliphatic rings. The number of ether oxygens (including phenoxy) is 1. The number of ketones is 1. The second-order valence-electron chi connectivity index (χ2n) is 6.51. The van der Waals surface area contributed by atoms with Crippen LogP contribution in [0.1, 0.15) is 37.7 Å². The number of amides is 1. The third kappa shape index (κ3) is 5.05. The number of carbonyl (C=O) groups excluding carboxylic acids is 3. The molecule has 1 amide bonds. The number of aryl methyl sites for hydroxylation is 1. The number of thiophene rings is 1. The van der Waals surface area contributed by atoms with E-state index in [1.807, 2.05) is 25.1 Å². The van der Waals surface area contributed by atoms with E-state index >= 15 is 0 Å². The maximum atomic E-state index is 12.5. The number of rotatable bonds is 5. The van der Waals surface area contributed by atoms with Crippen molar-refractivity contribution >= 4 is 44.9 Å². The van der Waals surface area contributed by atoms with Gasteiger partial charge < -0.3 is 9.64 Å². The summed E-state index contributed by atoms with van der Waals surface area (Å²) in [5.74, 6) is -0.828. The van der Waals surface area contributed by atoms with Crippen molar-refractivity contribution in [3.8, 4) is 0 Å². The molecule has 3 rings (SSSR count). The van der Waals surface area contributed by atoms with Crippen molar-refractivity contribution < 1.29 is 19.1 Å². The topological polar surface area (TPSA) is 63.7 Å². The minimum absolute atomic E-state index is 0.0300. The van der Waals surface area contributed by atoms with E-state index in [1.54, 1.807) is 23.1 Å². The fraction of sp³-hybridized carbons (Fsp3) is 0.350. The van der Waals surface area contributed by atoms with Gasteiger partial charge in [0.25, 0.3) is 5.91 Å². The van der Waals surface area contributed by atoms with Gasteiger partial charge in [0.15, 0.2) is 6.61 Å². The first-order valence-corrected chi connectivity index (χ1v) is 10.4. The minimum Gasteiger partial charge on any atom is -0.457 e. The molecule has 2 aromatic rings. The molecule has 0 aliphatic carbocycles. The maximum Gasteiger partial charge on any atom is 0.309 e. The number of benzene rings is 1. The van der Waals surface area contributed by atoms with E-state index in [0.717, 1.165) is 9.35 Å². The highest BCUT2D eigenvalue weighted by atomic mass is 79.9. The number of piperidine rings is 1. The Morgan fingerprint density at radius 3 is 2.37 bits per heavy atom. The molecule has 1 saturated heterocycles. The summed E-state index contributed by atoms with van der Waals surface area (Å²) < 4.78 is 6.13. The van der Waals surface area contributed by atoms with Crippen LogP contribution in [0.15, 0.2) is 40.9 Å². The van der Waals surface area contributed by atoms with Crippen LogP contribution >= 0.6 is 27.3 Å². The average molecular weight is 450 g/mol. The fourth-order valence-electron chi connectivity index (χ4n) is 3.00. The monoisotopic (exact) mass is 449 g/mol. The Labute approximate surface area is 170 Å². The van der Waals surface area contributed by atoms with Gasteiger partial charge in [-0.25, -0.2) is 0 Å². The summed E-state index contributed by atoms with van der Waals surface area (Å²) in [5, 5.41) is 0. The van der Waals surface area contributed by atoms with Crippen molar-refractivity contribution in [3.05, 3.63) is 56.2 Å². The number of halogens is 1. The Morgan fingerprint density at radius 2 is 1.78 bits per heavy atom. The highest BCUT2D eigenvalue weighted by Crippen LogP contribution is 2.22. The molecule has 5 nitrogen and oxygen atoms in total. The van der Waals surface area contributed by atoms with E-state index in [1.165, 1.54) is 11.3 Å². The van der Waals surface area contributed by atoms with Gasteiger partial charge in [-0.15, -0.1) is 11.3 Å². The zero-order valence-corrected chi connectivity index (χ0v) is 17.3. The number of likely N-dealkylation sites (tertiary alicyclic amines) is 1. The van der Waals surface area contributed by atoms with E-state index in [-0.39, 0.29) is 30.2 Å². The van der Waals surface area contributed by atoms with E-state index in [2.05, 4.69) is 15.9 Å². The Bertz CT molecular complexity index is 838. The summed E-state index contributed by atoms with van der Waals surface area (Å²) in [7, 11) is 0. The average Bonchev–Trinajstić information content (AvgIpc) is 3.12. The number of hydrogen-bond acceptors (Lipinski definition) is 5. The van der Waals surface area contributed by atoms with Crippen LogP contribution in [0.25, 0.3) is 0 Å². The zero-order valence-electron chi connectivity index (χ0n) is 14.9. The van der Waals surface area contributed by atoms with Crippen LogP contribution in [-0.2, 0) is 9.53 Å². The normalized spacial score (nSPS) is 14.8. The van der Waals surface area contributed by atoms with Crippen molar-refractivity contribution in [1.29, 1.82) is 0 Å². The number of esters is 1. The van der Waals surface area contributed by atoms with Gasteiger partial charge in [0.05, 0.1) is 10.8 Å². The zero-order chi connectivity index (χ0) is 19.4. The number of Topliss-reactive ketones (excluding diaryl/α,β-unsaturated/α-hetero) is 1. The second kappa shape index (κ2) is 8.80. The summed E-state index contributed by atoms with van der Waals surface area (Å²) in [6.07, 6.45) is 1.10. The van der Waals surface area contributed by atoms with Crippen LogP contribution in [0.5, 0.6) is 0 Å². The molecule has 142 valence electrons. The fourth-order valence-corrected chi connectivity index (χ4v) is 4.06. The largest absolute Gasteiger partial charge is 0.457 e. The standard InChI is InChI=1S/C20H20BrNO4S/c1-13-2-7-18(27-13)17(23)12-26-20(25)15-8-10-22(11-9-15)19(24)14-3-5-16(21)6-4-14/h2-7,15H,8-12H2,1H3. The van der Waals surface area contributed by atoms with Gasteiger partial charge in [-0.05, 0) is 56.2 Å². The molecule has 0 N–H and O–H groups in total. The summed E-state index contributed by atoms with van der Waals surface area (Å²) in [4.78, 5) is 40.2. The predicted molar refractivity (Wildman–Crippen MR) is 107 cm³/mol. The molecule has 0 radical (unpaired) electrons. The molecule has 0 atom stereocenters. The van der Waals surface area contributed by atoms with Crippen LogP contribution in [0.2, 0.25) is 0 Å². The van der Waals surface area contributed by atoms with Gasteiger partial charge in [0.1, 0.15) is 0 Å². The SMILES string of the molecule is Cc1ccc(C(=O)COC(=O)C2CCN(C(=O)c3ccc(Br)cc3)CC2)s1. The maximum absolute atomic E-state index is 12.5. The van der Waals surface area contributed by atoms with Crippen LogP contribution in [-0.4, -0.2) is 42.3 Å². The van der Waals surface area contributed by atoms with Crippen molar-refractivity contribution in [1.82, 2.24) is 4.90 Å². The third-order valence-electron chi connectivity index (χ3n) is 4.57. The van der Waals surface area contributed by atoms with E-state index in [0.29, 0.717) is 36.4 Å². The van der Waals surface area contributed by atoms with Gasteiger partial charge in [-0.1, -0.05) is 15.9 Å². The molecule has 2 heterocycles. The lowest BCUT2D eigenvalue weighted by Crippen LogP contribution is -2.40. The van der Waals surface area contributed by atoms with Gasteiger partial charge >= 0.3 is 5.97 Å². The summed E-state index contributed by atoms with van der Waals surface area (Å²) in [5.41, 5.74) is 0.635. The molecule has 27 heavy (non-hydrogen) atoms. The molecule has 7 heteroatoms. The molecule has 0 saturated carbocycles. The first-order chi connectivity index (χ1) is 12.9. The highest BCUT2D eigenvalue weighted by Gasteiger charge is 2.29. The van der Waals surface area contributed by atoms with Crippen molar-refractivity contribution in [3.63, 3.8) is 0 Å². The molecular weight excluding hydrogens is 430 g/mol. The van der Waals surface area contributed by atoms with E-state index < -0.39 is 0 Å². The van der Waals surface area contributed by atoms with Crippen molar-refractivity contribution in [2.45, 2.75) is 19.8 Å². The second-order valence-corrected chi connectivity index (χ2v) is 8.72. The lowest BCUT2D eigenvalue weighted by molar-refractivity contribution is -0.148. The van der Waals surface area contributed by atoms with Crippen LogP contribution in [0, 0.1) is 12.8 Å². The van der Waals surface area contributed by atoms with Gasteiger partial charge in [0.2, 0.25) is 5.78 Å². The van der Waals surface area contributed by atoms with Gasteiger partial charge in [0, 0.05) is 28.0 Å². The number of hydrogen-bond donors (Lipinski definition) is 0. The predicted octanol–water partition coefficient (Wildman–Crippen LogP) is 4.10. The molecular formula is C20H20BrNO4S. The smallest absolute Gasteiger partial charge is 0.309 e. The Morgan fingerprint density at radius 1 is 1.11 bits per heavy atom. The molecule has 1 fully saturated rings. The summed E-state index contributed by atoms with van der Waals surface area (Å²) in [6.45, 7) is 2.72. The first-order valence-electron chi connectivity index (χ1n) is 8.75. The lowest BCUT2D eigenvalue weighted by atomic mass is 9.96. The van der Waals surface area contributed by atoms with Crippen LogP contribution < -0.4 is 0 Å². The number of carbonyl (C=O) groups is 3. The molecule has 0 bridgehead atoms. The number of nitrogens with zero attached hydrogens (tertiary/aromatic N) is 1. The van der Waals surface area contributed by atoms with E-state index in [9.17, 15) is 14.4 Å². The van der Waals surface area contributed by atoms with Crippen molar-refractivity contribution in [2.24, 2.45) is 5.92 Å². The quantitative estimate of drug-likeness (QED) is 0.509. The Kier molecular flexibility index (Phi) is 6.44. The highest BCUT2D eigenvalue weighted by molar-refractivity contribution is 9.10. The van der Waals surface area contributed by atoms with Crippen LogP contribution in [0.3, 0.4) is 0 Å². The minimum atomic E-state index is -0.354. The summed E-state index contributed by atoms with van der Waals surface area (Å²) in [6, 6.07) is 10.9. The van der Waals surface area contributed by atoms with Crippen LogP contribution in [0.4, 0.5) is 0 Å². The molecule has 1 aromatic carbocycles. The Balaban J connectivity index is 1.47. The summed E-state index contributed by atoms with van der Waals surface area (Å²) >= 11 is 4.75. The van der Waals surface area contributed by atoms with E-state index in [4.69, 9.17) is 4.74 Å². The van der Waals surface area contributed by atoms with Crippen molar-refractivity contribution in [2.75, 3.05) is 19.7 Å². The molecule has 0 unspecified atom stereocenters. The molecule has 0 spiro atoms. The van der Waals surface area contributed by atoms with Gasteiger partial charge in [-0.3, -0.25) is 14.4 Å². The lowest BCUT2D eigenvalue weighted by Gasteiger charge is -2.31.